The quantitative estimate of drug-likeness (QED) is 0.601. The number of benzene rings is 1. The second-order valence-corrected chi connectivity index (χ2v) is 7.79. The largest absolute Gasteiger partial charge is 0.338 e. The molecule has 0 bridgehead atoms. The van der Waals surface area contributed by atoms with Gasteiger partial charge in [-0.05, 0) is 30.9 Å². The highest BCUT2D eigenvalue weighted by Crippen LogP contribution is 2.30. The molecule has 0 spiro atoms. The van der Waals surface area contributed by atoms with E-state index < -0.39 is 0 Å². The van der Waals surface area contributed by atoms with Gasteiger partial charge in [0, 0.05) is 44.4 Å². The molecule has 0 atom stereocenters. The maximum atomic E-state index is 13.1. The summed E-state index contributed by atoms with van der Waals surface area (Å²) >= 11 is 1.55. The van der Waals surface area contributed by atoms with Crippen LogP contribution < -0.4 is 0 Å². The van der Waals surface area contributed by atoms with E-state index in [0.717, 1.165) is 46.5 Å². The van der Waals surface area contributed by atoms with Crippen LogP contribution in [-0.2, 0) is 37.8 Å². The summed E-state index contributed by atoms with van der Waals surface area (Å²) in [5.74, 6) is 0.466. The molecule has 1 aromatic carbocycles. The Hall–Kier alpha value is -2.68. The van der Waals surface area contributed by atoms with E-state index in [1.807, 2.05) is 27.5 Å². The number of hydrogen-bond acceptors (Lipinski definition) is 5. The second kappa shape index (κ2) is 7.98. The number of carbonyl (C=O) groups is 1. The summed E-state index contributed by atoms with van der Waals surface area (Å²) in [6, 6.07) is 6.09. The Morgan fingerprint density at radius 3 is 2.69 bits per heavy atom. The van der Waals surface area contributed by atoms with Gasteiger partial charge in [-0.15, -0.1) is 10.2 Å². The molecule has 0 unspecified atom stereocenters. The van der Waals surface area contributed by atoms with Crippen molar-refractivity contribution >= 4 is 17.7 Å². The van der Waals surface area contributed by atoms with Crippen molar-refractivity contribution in [2.45, 2.75) is 38.0 Å². The first-order valence-corrected chi connectivity index (χ1v) is 10.8. The van der Waals surface area contributed by atoms with Gasteiger partial charge < -0.3 is 9.47 Å². The highest BCUT2D eigenvalue weighted by molar-refractivity contribution is 7.98. The maximum Gasteiger partial charge on any atom is 0.227 e. The average Bonchev–Trinajstić information content (AvgIpc) is 3.29. The monoisotopic (exact) mass is 414 g/mol. The molecule has 2 aromatic heterocycles. The first kappa shape index (κ1) is 19.6. The lowest BCUT2D eigenvalue weighted by molar-refractivity contribution is -0.131. The van der Waals surface area contributed by atoms with Crippen molar-refractivity contribution in [3.8, 4) is 11.5 Å². The summed E-state index contributed by atoms with van der Waals surface area (Å²) in [7, 11) is 1.93. The van der Waals surface area contributed by atoms with E-state index in [4.69, 9.17) is 5.10 Å². The van der Waals surface area contributed by atoms with Crippen LogP contribution in [0.5, 0.6) is 0 Å². The first-order valence-electron chi connectivity index (χ1n) is 9.56. The number of thioether (sulfide) groups is 1. The van der Waals surface area contributed by atoms with Gasteiger partial charge in [-0.3, -0.25) is 9.48 Å². The van der Waals surface area contributed by atoms with Gasteiger partial charge in [-0.2, -0.15) is 5.10 Å². The summed E-state index contributed by atoms with van der Waals surface area (Å²) in [6.07, 6.45) is 2.97. The number of hydrogen-bond donors (Lipinski definition) is 0. The number of nitrogens with zero attached hydrogens (tertiary/aromatic N) is 6. The molecule has 7 nitrogen and oxygen atoms in total. The van der Waals surface area contributed by atoms with E-state index >= 15 is 0 Å². The number of carbonyl (C=O) groups excluding carboxylic acids is 1. The summed E-state index contributed by atoms with van der Waals surface area (Å²) in [6.45, 7) is 3.93. The minimum absolute atomic E-state index is 0.0267. The lowest BCUT2D eigenvalue weighted by Gasteiger charge is -2.28. The van der Waals surface area contributed by atoms with Crippen molar-refractivity contribution in [2.75, 3.05) is 12.8 Å². The molecule has 4 rings (SSSR count). The highest BCUT2D eigenvalue weighted by atomic mass is 32.2. The molecule has 0 aliphatic carbocycles. The van der Waals surface area contributed by atoms with E-state index in [1.165, 1.54) is 12.1 Å². The fourth-order valence-corrected chi connectivity index (χ4v) is 4.33. The summed E-state index contributed by atoms with van der Waals surface area (Å²) < 4.78 is 17.1. The molecule has 29 heavy (non-hydrogen) atoms. The Kier molecular flexibility index (Phi) is 5.40. The van der Waals surface area contributed by atoms with E-state index in [0.29, 0.717) is 13.1 Å². The summed E-state index contributed by atoms with van der Waals surface area (Å²) in [4.78, 5) is 14.7. The van der Waals surface area contributed by atoms with Crippen LogP contribution in [0.1, 0.15) is 23.7 Å². The minimum Gasteiger partial charge on any atom is -0.338 e. The maximum absolute atomic E-state index is 13.1. The van der Waals surface area contributed by atoms with Crippen LogP contribution in [0.25, 0.3) is 11.5 Å². The number of amides is 1. The predicted octanol–water partition coefficient (Wildman–Crippen LogP) is 2.69. The minimum atomic E-state index is -0.298. The number of fused-ring (bicyclic) bond motifs is 1. The van der Waals surface area contributed by atoms with Crippen molar-refractivity contribution < 1.29 is 9.18 Å². The molecule has 0 saturated heterocycles. The third kappa shape index (κ3) is 3.66. The van der Waals surface area contributed by atoms with Gasteiger partial charge in [0.05, 0.1) is 6.42 Å². The van der Waals surface area contributed by atoms with Gasteiger partial charge >= 0.3 is 0 Å². The highest BCUT2D eigenvalue weighted by Gasteiger charge is 2.29. The zero-order valence-corrected chi connectivity index (χ0v) is 17.5. The zero-order chi connectivity index (χ0) is 20.5. The van der Waals surface area contributed by atoms with Crippen LogP contribution in [0.15, 0.2) is 29.4 Å². The fraction of sp³-hybridized carbons (Fsp3) is 0.400. The molecule has 0 saturated carbocycles. The summed E-state index contributed by atoms with van der Waals surface area (Å²) in [5, 5.41) is 14.2. The third-order valence-corrected chi connectivity index (χ3v) is 5.96. The molecular formula is C20H23FN6OS. The molecule has 1 amide bonds. The Labute approximate surface area is 172 Å². The SMILES string of the molecule is CCn1c(SC)nnc1-c1nn(C)c2c1CN(C(=O)Cc1ccc(F)cc1)CC2. The number of halogens is 1. The molecule has 0 radical (unpaired) electrons. The average molecular weight is 415 g/mol. The van der Waals surface area contributed by atoms with E-state index in [2.05, 4.69) is 17.1 Å². The Morgan fingerprint density at radius 1 is 1.24 bits per heavy atom. The molecular weight excluding hydrogens is 391 g/mol. The van der Waals surface area contributed by atoms with Crippen molar-refractivity contribution in [2.24, 2.45) is 7.05 Å². The van der Waals surface area contributed by atoms with E-state index in [1.54, 1.807) is 23.9 Å². The van der Waals surface area contributed by atoms with Crippen LogP contribution in [0, 0.1) is 5.82 Å². The molecule has 152 valence electrons. The third-order valence-electron chi connectivity index (χ3n) is 5.29. The Balaban J connectivity index is 1.61. The molecule has 3 aromatic rings. The lowest BCUT2D eigenvalue weighted by atomic mass is 10.0. The smallest absolute Gasteiger partial charge is 0.227 e. The lowest BCUT2D eigenvalue weighted by Crippen LogP contribution is -2.37. The second-order valence-electron chi connectivity index (χ2n) is 7.02. The topological polar surface area (TPSA) is 68.8 Å². The number of rotatable bonds is 5. The molecule has 1 aliphatic heterocycles. The number of aryl methyl sites for hydroxylation is 1. The van der Waals surface area contributed by atoms with Gasteiger partial charge in [0.1, 0.15) is 11.5 Å². The molecule has 9 heteroatoms. The van der Waals surface area contributed by atoms with Crippen LogP contribution in [0.4, 0.5) is 4.39 Å². The van der Waals surface area contributed by atoms with Crippen LogP contribution in [0.2, 0.25) is 0 Å². The Morgan fingerprint density at radius 2 is 2.00 bits per heavy atom. The first-order chi connectivity index (χ1) is 14.0. The molecule has 0 N–H and O–H groups in total. The van der Waals surface area contributed by atoms with Crippen LogP contribution in [0.3, 0.4) is 0 Å². The van der Waals surface area contributed by atoms with Gasteiger partial charge in [-0.25, -0.2) is 4.39 Å². The van der Waals surface area contributed by atoms with E-state index in [9.17, 15) is 9.18 Å². The predicted molar refractivity (Wildman–Crippen MR) is 109 cm³/mol. The van der Waals surface area contributed by atoms with E-state index in [-0.39, 0.29) is 18.1 Å². The fourth-order valence-electron chi connectivity index (χ4n) is 3.77. The van der Waals surface area contributed by atoms with Crippen molar-refractivity contribution in [3.05, 3.63) is 46.9 Å². The molecule has 0 fully saturated rings. The van der Waals surface area contributed by atoms with Crippen molar-refractivity contribution in [1.82, 2.24) is 29.4 Å². The van der Waals surface area contributed by atoms with Crippen LogP contribution in [-0.4, -0.2) is 48.2 Å². The van der Waals surface area contributed by atoms with Crippen LogP contribution >= 0.6 is 11.8 Å². The molecule has 1 aliphatic rings. The van der Waals surface area contributed by atoms with Gasteiger partial charge in [0.2, 0.25) is 5.91 Å². The normalized spacial score (nSPS) is 13.6. The zero-order valence-electron chi connectivity index (χ0n) is 16.7. The van der Waals surface area contributed by atoms with Crippen molar-refractivity contribution in [3.63, 3.8) is 0 Å². The molecule has 3 heterocycles. The Bertz CT molecular complexity index is 1040. The van der Waals surface area contributed by atoms with Gasteiger partial charge in [0.15, 0.2) is 11.0 Å². The van der Waals surface area contributed by atoms with Crippen molar-refractivity contribution in [1.29, 1.82) is 0 Å². The standard InChI is InChI=1S/C20H23FN6OS/c1-4-27-19(22-23-20(27)29-3)18-15-12-26(10-9-16(15)25(2)24-18)17(28)11-13-5-7-14(21)8-6-13/h5-8H,4,9-12H2,1-3H3. The summed E-state index contributed by atoms with van der Waals surface area (Å²) in [5.41, 5.74) is 3.75. The van der Waals surface area contributed by atoms with Gasteiger partial charge in [-0.1, -0.05) is 23.9 Å². The number of aromatic nitrogens is 5. The van der Waals surface area contributed by atoms with Gasteiger partial charge in [0.25, 0.3) is 0 Å².